The Kier molecular flexibility index (Phi) is 6.20. The van der Waals surface area contributed by atoms with Gasteiger partial charge in [0.1, 0.15) is 23.7 Å². The second-order valence-electron chi connectivity index (χ2n) is 8.20. The topological polar surface area (TPSA) is 129 Å². The van der Waals surface area contributed by atoms with E-state index in [1.54, 1.807) is 23.2 Å². The smallest absolute Gasteiger partial charge is 0.225 e. The lowest BCUT2D eigenvalue weighted by Crippen LogP contribution is -2.54. The van der Waals surface area contributed by atoms with Crippen molar-refractivity contribution in [2.75, 3.05) is 36.5 Å². The number of aromatic nitrogens is 2. The summed E-state index contributed by atoms with van der Waals surface area (Å²) >= 11 is 0. The van der Waals surface area contributed by atoms with E-state index in [-0.39, 0.29) is 25.0 Å². The number of aliphatic hydroxyl groups excluding tert-OH is 1. The van der Waals surface area contributed by atoms with Crippen molar-refractivity contribution in [2.24, 2.45) is 0 Å². The predicted molar refractivity (Wildman–Crippen MR) is 118 cm³/mol. The van der Waals surface area contributed by atoms with Crippen molar-refractivity contribution >= 4 is 23.1 Å². The average molecular weight is 432 g/mol. The quantitative estimate of drug-likeness (QED) is 0.712. The van der Waals surface area contributed by atoms with Gasteiger partial charge in [0.2, 0.25) is 5.91 Å². The lowest BCUT2D eigenvalue weighted by molar-refractivity contribution is -0.134. The Morgan fingerprint density at radius 1 is 1.28 bits per heavy atom. The highest BCUT2D eigenvalue weighted by atomic mass is 16.3. The molecule has 2 fully saturated rings. The van der Waals surface area contributed by atoms with E-state index >= 15 is 0 Å². The molecule has 1 aliphatic heterocycles. The molecule has 0 radical (unpaired) electrons. The molecule has 2 aromatic heterocycles. The summed E-state index contributed by atoms with van der Waals surface area (Å²) in [5.41, 5.74) is 3.25. The summed E-state index contributed by atoms with van der Waals surface area (Å²) in [5, 5.41) is 31.2. The molecule has 32 heavy (non-hydrogen) atoms. The molecular weight excluding hydrogens is 406 g/mol. The van der Waals surface area contributed by atoms with Gasteiger partial charge in [-0.05, 0) is 38.0 Å². The third kappa shape index (κ3) is 4.48. The Bertz CT molecular complexity index is 1080. The van der Waals surface area contributed by atoms with Crippen LogP contribution < -0.4 is 10.2 Å². The Morgan fingerprint density at radius 2 is 2.09 bits per heavy atom. The Hall–Kier alpha value is -3.69. The van der Waals surface area contributed by atoms with E-state index in [0.717, 1.165) is 29.9 Å². The van der Waals surface area contributed by atoms with Gasteiger partial charge in [-0.2, -0.15) is 10.5 Å². The van der Waals surface area contributed by atoms with Crippen molar-refractivity contribution in [2.45, 2.75) is 38.1 Å². The number of rotatable bonds is 6. The van der Waals surface area contributed by atoms with Crippen LogP contribution in [-0.2, 0) is 4.79 Å². The summed E-state index contributed by atoms with van der Waals surface area (Å²) in [6.45, 7) is 3.51. The van der Waals surface area contributed by atoms with Crippen molar-refractivity contribution < 1.29 is 9.90 Å². The zero-order valence-corrected chi connectivity index (χ0v) is 18.0. The zero-order chi connectivity index (χ0) is 22.7. The van der Waals surface area contributed by atoms with Crippen molar-refractivity contribution in [3.05, 3.63) is 41.3 Å². The molecule has 1 saturated carbocycles. The minimum atomic E-state index is -0.153. The number of nitriles is 2. The van der Waals surface area contributed by atoms with Crippen LogP contribution in [0.15, 0.2) is 24.4 Å². The molecule has 1 saturated heterocycles. The van der Waals surface area contributed by atoms with Gasteiger partial charge in [-0.15, -0.1) is 0 Å². The van der Waals surface area contributed by atoms with Gasteiger partial charge in [0, 0.05) is 38.0 Å². The number of hydrogen-bond acceptors (Lipinski definition) is 8. The first kappa shape index (κ1) is 21.5. The number of nitrogens with one attached hydrogen (secondary N) is 1. The molecule has 1 aliphatic carbocycles. The summed E-state index contributed by atoms with van der Waals surface area (Å²) in [6.07, 6.45) is 3.83. The van der Waals surface area contributed by atoms with Gasteiger partial charge in [-0.1, -0.05) is 0 Å². The van der Waals surface area contributed by atoms with Crippen molar-refractivity contribution in [3.63, 3.8) is 0 Å². The first-order valence-electron chi connectivity index (χ1n) is 10.8. The molecule has 1 amide bonds. The molecule has 164 valence electrons. The van der Waals surface area contributed by atoms with Gasteiger partial charge in [0.05, 0.1) is 35.4 Å². The maximum atomic E-state index is 12.2. The number of carbonyl (C=O) groups excluding carboxylic acids is 1. The summed E-state index contributed by atoms with van der Waals surface area (Å²) in [5.74, 6) is 0.946. The molecule has 0 spiro atoms. The monoisotopic (exact) mass is 431 g/mol. The second-order valence-corrected chi connectivity index (χ2v) is 8.20. The van der Waals surface area contributed by atoms with Gasteiger partial charge < -0.3 is 20.2 Å². The third-order valence-corrected chi connectivity index (χ3v) is 5.85. The van der Waals surface area contributed by atoms with E-state index in [4.69, 9.17) is 15.4 Å². The average Bonchev–Trinajstić information content (AvgIpc) is 3.64. The lowest BCUT2D eigenvalue weighted by Gasteiger charge is -2.40. The number of pyridine rings is 2. The Morgan fingerprint density at radius 3 is 2.69 bits per heavy atom. The van der Waals surface area contributed by atoms with Gasteiger partial charge >= 0.3 is 0 Å². The third-order valence-electron chi connectivity index (χ3n) is 5.85. The molecule has 0 aromatic carbocycles. The van der Waals surface area contributed by atoms with E-state index in [1.807, 2.05) is 19.1 Å². The van der Waals surface area contributed by atoms with Crippen molar-refractivity contribution in [1.29, 1.82) is 10.5 Å². The highest BCUT2D eigenvalue weighted by Gasteiger charge is 2.32. The number of carbonyl (C=O) groups is 1. The molecule has 0 bridgehead atoms. The maximum Gasteiger partial charge on any atom is 0.225 e. The predicted octanol–water partition coefficient (Wildman–Crippen LogP) is 2.26. The van der Waals surface area contributed by atoms with Crippen LogP contribution >= 0.6 is 0 Å². The van der Waals surface area contributed by atoms with Gasteiger partial charge in [-0.25, -0.2) is 9.97 Å². The number of amides is 1. The van der Waals surface area contributed by atoms with E-state index in [1.165, 1.54) is 0 Å². The maximum absolute atomic E-state index is 12.2. The second kappa shape index (κ2) is 9.21. The standard InChI is InChI=1S/C23H25N7O2/c1-15-14-29(7-8-30(15)21(32)6-9-31)23-17(11-24)10-20(22(28-23)16-2-3-16)27-19-5-4-18(12-25)26-13-19/h4-5,10,13,15-16,27,31H,2-3,6-9,14H2,1H3/t15-/m1/s1. The number of piperazine rings is 1. The van der Waals surface area contributed by atoms with E-state index in [0.29, 0.717) is 42.6 Å². The SMILES string of the molecule is C[C@@H]1CN(c2nc(C3CC3)c(Nc3ccc(C#N)nc3)cc2C#N)CCN1C(=O)CCO. The van der Waals surface area contributed by atoms with Gasteiger partial charge in [0.25, 0.3) is 0 Å². The molecule has 2 N–H and O–H groups in total. The van der Waals surface area contributed by atoms with Crippen LogP contribution in [0.1, 0.15) is 49.1 Å². The number of hydrogen-bond donors (Lipinski definition) is 2. The summed E-state index contributed by atoms with van der Waals surface area (Å²) in [6, 6.07) is 9.50. The summed E-state index contributed by atoms with van der Waals surface area (Å²) in [4.78, 5) is 25.1. The minimum absolute atomic E-state index is 0.0388. The summed E-state index contributed by atoms with van der Waals surface area (Å²) in [7, 11) is 0. The molecule has 0 unspecified atom stereocenters. The van der Waals surface area contributed by atoms with Crippen LogP contribution in [0.5, 0.6) is 0 Å². The molecule has 2 aromatic rings. The van der Waals surface area contributed by atoms with Crippen LogP contribution in [0.4, 0.5) is 17.2 Å². The van der Waals surface area contributed by atoms with Crippen molar-refractivity contribution in [3.8, 4) is 12.1 Å². The van der Waals surface area contributed by atoms with E-state index in [2.05, 4.69) is 21.3 Å². The van der Waals surface area contributed by atoms with Crippen LogP contribution in [-0.4, -0.2) is 58.2 Å². The van der Waals surface area contributed by atoms with Crippen LogP contribution in [0.2, 0.25) is 0 Å². The fourth-order valence-corrected chi connectivity index (χ4v) is 4.06. The Balaban J connectivity index is 1.60. The molecule has 2 aliphatic rings. The van der Waals surface area contributed by atoms with E-state index in [9.17, 15) is 10.1 Å². The Labute approximate surface area is 186 Å². The van der Waals surface area contributed by atoms with Crippen molar-refractivity contribution in [1.82, 2.24) is 14.9 Å². The first-order chi connectivity index (χ1) is 15.5. The van der Waals surface area contributed by atoms with Crippen LogP contribution in [0.25, 0.3) is 0 Å². The fourth-order valence-electron chi connectivity index (χ4n) is 4.06. The lowest BCUT2D eigenvalue weighted by atomic mass is 10.1. The first-order valence-corrected chi connectivity index (χ1v) is 10.8. The normalized spacial score (nSPS) is 18.1. The number of anilines is 3. The zero-order valence-electron chi connectivity index (χ0n) is 18.0. The molecule has 1 atom stereocenters. The molecule has 4 rings (SSSR count). The molecular formula is C23H25N7O2. The van der Waals surface area contributed by atoms with Crippen LogP contribution in [0.3, 0.4) is 0 Å². The van der Waals surface area contributed by atoms with Gasteiger partial charge in [-0.3, -0.25) is 4.79 Å². The molecule has 9 heteroatoms. The highest BCUT2D eigenvalue weighted by Crippen LogP contribution is 2.44. The van der Waals surface area contributed by atoms with Gasteiger partial charge in [0.15, 0.2) is 0 Å². The number of nitrogens with zero attached hydrogens (tertiary/aromatic N) is 6. The largest absolute Gasteiger partial charge is 0.396 e. The highest BCUT2D eigenvalue weighted by molar-refractivity contribution is 5.77. The number of aliphatic hydroxyl groups is 1. The van der Waals surface area contributed by atoms with E-state index < -0.39 is 0 Å². The summed E-state index contributed by atoms with van der Waals surface area (Å²) < 4.78 is 0. The molecule has 9 nitrogen and oxygen atoms in total. The molecule has 3 heterocycles. The minimum Gasteiger partial charge on any atom is -0.396 e. The fraction of sp³-hybridized carbons (Fsp3) is 0.435. The van der Waals surface area contributed by atoms with Crippen LogP contribution in [0, 0.1) is 22.7 Å².